The zero-order valence-electron chi connectivity index (χ0n) is 16.7. The van der Waals surface area contributed by atoms with E-state index in [1.165, 1.54) is 0 Å². The maximum absolute atomic E-state index is 9.90. The van der Waals surface area contributed by atoms with Crippen LogP contribution in [-0.2, 0) is 38.0 Å². The van der Waals surface area contributed by atoms with E-state index in [4.69, 9.17) is 34.3 Å². The van der Waals surface area contributed by atoms with Crippen LogP contribution in [0.2, 0.25) is 0 Å². The fourth-order valence-corrected chi connectivity index (χ4v) is 1.88. The van der Waals surface area contributed by atoms with Gasteiger partial charge in [0.1, 0.15) is 24.9 Å². The number of hydrogen-bond acceptors (Lipinski definition) is 11. The Kier molecular flexibility index (Phi) is 13.1. The van der Waals surface area contributed by atoms with Crippen LogP contribution in [0.5, 0.6) is 0 Å². The second-order valence-electron chi connectivity index (χ2n) is 6.78. The minimum atomic E-state index is -0.954. The Morgan fingerprint density at radius 2 is 1.50 bits per heavy atom. The molecule has 0 aromatic rings. The lowest BCUT2D eigenvalue weighted by Gasteiger charge is -2.33. The van der Waals surface area contributed by atoms with Crippen molar-refractivity contribution >= 4 is 12.9 Å². The summed E-state index contributed by atoms with van der Waals surface area (Å²) in [5, 5.41) is 24.0. The number of hydrogen-bond donors (Lipinski definition) is 3. The summed E-state index contributed by atoms with van der Waals surface area (Å²) < 4.78 is 30.2. The van der Waals surface area contributed by atoms with Crippen LogP contribution < -0.4 is 0 Å². The van der Waals surface area contributed by atoms with E-state index in [0.717, 1.165) is 0 Å². The highest BCUT2D eigenvalue weighted by molar-refractivity contribution is 5.37. The molecule has 0 radical (unpaired) electrons. The van der Waals surface area contributed by atoms with Crippen molar-refractivity contribution < 1.29 is 53.3 Å². The standard InChI is InChI=1S/2C7H12O4.C3H8O3/c1-7(2)10-3-6(4-11-7)9-5-8;1-7(2)10-4-6(11-7)3-9-5-8;4-1-3(6)2-5/h2*5-6H,3-4H2,1-2H3;3-6H,1-2H2. The van der Waals surface area contributed by atoms with Gasteiger partial charge in [0, 0.05) is 0 Å². The average Bonchev–Trinajstić information content (AvgIpc) is 3.01. The lowest BCUT2D eigenvalue weighted by atomic mass is 10.3. The van der Waals surface area contributed by atoms with E-state index >= 15 is 0 Å². The van der Waals surface area contributed by atoms with Crippen LogP contribution in [0, 0.1) is 0 Å². The predicted octanol–water partition coefficient (Wildman–Crippen LogP) is -1.05. The van der Waals surface area contributed by atoms with Crippen molar-refractivity contribution in [2.24, 2.45) is 0 Å². The SMILES string of the molecule is CC1(C)OCC(COC=O)O1.CC1(C)OCC(OC=O)CO1.OCC(O)CO. The molecule has 0 aliphatic carbocycles. The Balaban J connectivity index is 0.000000411. The molecule has 166 valence electrons. The molecule has 0 aromatic carbocycles. The minimum Gasteiger partial charge on any atom is -0.465 e. The predicted molar refractivity (Wildman–Crippen MR) is 94.0 cm³/mol. The molecule has 1 atom stereocenters. The van der Waals surface area contributed by atoms with Gasteiger partial charge in [-0.3, -0.25) is 9.59 Å². The van der Waals surface area contributed by atoms with Crippen molar-refractivity contribution in [1.82, 2.24) is 0 Å². The fourth-order valence-electron chi connectivity index (χ4n) is 1.88. The van der Waals surface area contributed by atoms with Crippen molar-refractivity contribution in [3.63, 3.8) is 0 Å². The molecule has 0 saturated carbocycles. The van der Waals surface area contributed by atoms with E-state index in [1.807, 2.05) is 27.7 Å². The van der Waals surface area contributed by atoms with Gasteiger partial charge in [0.25, 0.3) is 12.9 Å². The lowest BCUT2D eigenvalue weighted by Crippen LogP contribution is -2.42. The monoisotopic (exact) mass is 412 g/mol. The van der Waals surface area contributed by atoms with Crippen LogP contribution >= 0.6 is 0 Å². The maximum Gasteiger partial charge on any atom is 0.293 e. The van der Waals surface area contributed by atoms with Gasteiger partial charge in [-0.2, -0.15) is 0 Å². The Hall–Kier alpha value is -1.34. The molecule has 28 heavy (non-hydrogen) atoms. The first kappa shape index (κ1) is 26.7. The van der Waals surface area contributed by atoms with Crippen molar-refractivity contribution in [3.8, 4) is 0 Å². The van der Waals surface area contributed by atoms with Crippen LogP contribution in [0.25, 0.3) is 0 Å². The van der Waals surface area contributed by atoms with E-state index in [9.17, 15) is 9.59 Å². The van der Waals surface area contributed by atoms with Crippen molar-refractivity contribution in [1.29, 1.82) is 0 Å². The van der Waals surface area contributed by atoms with Crippen LogP contribution in [0.15, 0.2) is 0 Å². The number of aliphatic hydroxyl groups excluding tert-OH is 3. The third kappa shape index (κ3) is 12.9. The van der Waals surface area contributed by atoms with Gasteiger partial charge in [-0.15, -0.1) is 0 Å². The zero-order chi connectivity index (χ0) is 21.6. The molecular weight excluding hydrogens is 380 g/mol. The van der Waals surface area contributed by atoms with Crippen LogP contribution in [0.1, 0.15) is 27.7 Å². The molecule has 2 fully saturated rings. The summed E-state index contributed by atoms with van der Waals surface area (Å²) in [6, 6.07) is 0. The smallest absolute Gasteiger partial charge is 0.293 e. The molecule has 0 aromatic heterocycles. The van der Waals surface area contributed by atoms with Crippen LogP contribution in [0.4, 0.5) is 0 Å². The number of rotatable bonds is 7. The zero-order valence-corrected chi connectivity index (χ0v) is 16.7. The molecule has 2 rings (SSSR count). The van der Waals surface area contributed by atoms with Crippen LogP contribution in [-0.4, -0.2) is 97.8 Å². The highest BCUT2D eigenvalue weighted by Gasteiger charge is 2.32. The van der Waals surface area contributed by atoms with E-state index in [1.54, 1.807) is 0 Å². The fraction of sp³-hybridized carbons (Fsp3) is 0.882. The Labute approximate surface area is 164 Å². The summed E-state index contributed by atoms with van der Waals surface area (Å²) in [7, 11) is 0. The number of carbonyl (C=O) groups excluding carboxylic acids is 2. The summed E-state index contributed by atoms with van der Waals surface area (Å²) in [5.74, 6) is -1.07. The van der Waals surface area contributed by atoms with Gasteiger partial charge in [-0.1, -0.05) is 0 Å². The molecule has 0 bridgehead atoms. The maximum atomic E-state index is 9.90. The third-order valence-electron chi connectivity index (χ3n) is 3.32. The van der Waals surface area contributed by atoms with Gasteiger partial charge in [-0.05, 0) is 27.7 Å². The second kappa shape index (κ2) is 13.8. The van der Waals surface area contributed by atoms with E-state index in [0.29, 0.717) is 32.8 Å². The molecular formula is C17H32O11. The molecule has 3 N–H and O–H groups in total. The second-order valence-corrected chi connectivity index (χ2v) is 6.78. The van der Waals surface area contributed by atoms with Gasteiger partial charge < -0.3 is 43.7 Å². The minimum absolute atomic E-state index is 0.116. The van der Waals surface area contributed by atoms with Gasteiger partial charge in [0.15, 0.2) is 11.6 Å². The Bertz CT molecular complexity index is 411. The molecule has 2 heterocycles. The van der Waals surface area contributed by atoms with Gasteiger partial charge >= 0.3 is 0 Å². The molecule has 11 nitrogen and oxygen atoms in total. The molecule has 2 aliphatic rings. The van der Waals surface area contributed by atoms with E-state index < -0.39 is 17.7 Å². The highest BCUT2D eigenvalue weighted by atomic mass is 16.7. The number of ether oxygens (including phenoxy) is 6. The van der Waals surface area contributed by atoms with Crippen molar-refractivity contribution in [2.75, 3.05) is 39.6 Å². The third-order valence-corrected chi connectivity index (χ3v) is 3.32. The van der Waals surface area contributed by atoms with E-state index in [-0.39, 0.29) is 32.0 Å². The first-order valence-corrected chi connectivity index (χ1v) is 8.73. The largest absolute Gasteiger partial charge is 0.465 e. The summed E-state index contributed by atoms with van der Waals surface area (Å²) in [4.78, 5) is 19.7. The van der Waals surface area contributed by atoms with Gasteiger partial charge in [0.2, 0.25) is 0 Å². The normalized spacial score (nSPS) is 22.9. The van der Waals surface area contributed by atoms with Gasteiger partial charge in [0.05, 0.1) is 33.0 Å². The molecule has 11 heteroatoms. The molecule has 1 unspecified atom stereocenters. The summed E-state index contributed by atoms with van der Waals surface area (Å²) in [6.45, 7) is 8.97. The molecule has 2 aliphatic heterocycles. The van der Waals surface area contributed by atoms with E-state index in [2.05, 4.69) is 9.47 Å². The van der Waals surface area contributed by atoms with Crippen LogP contribution in [0.3, 0.4) is 0 Å². The summed E-state index contributed by atoms with van der Waals surface area (Å²) >= 11 is 0. The molecule has 2 saturated heterocycles. The Morgan fingerprint density at radius 1 is 0.964 bits per heavy atom. The first-order chi connectivity index (χ1) is 13.1. The first-order valence-electron chi connectivity index (χ1n) is 8.73. The Morgan fingerprint density at radius 3 is 1.86 bits per heavy atom. The molecule has 0 spiro atoms. The quantitative estimate of drug-likeness (QED) is 0.440. The highest BCUT2D eigenvalue weighted by Crippen LogP contribution is 2.22. The summed E-state index contributed by atoms with van der Waals surface area (Å²) in [5.41, 5.74) is 0. The number of aliphatic hydroxyl groups is 3. The topological polar surface area (TPSA) is 150 Å². The summed E-state index contributed by atoms with van der Waals surface area (Å²) in [6.07, 6.45) is -1.32. The van der Waals surface area contributed by atoms with Gasteiger partial charge in [-0.25, -0.2) is 0 Å². The number of carbonyl (C=O) groups is 2. The molecule has 0 amide bonds. The van der Waals surface area contributed by atoms with Crippen molar-refractivity contribution in [2.45, 2.75) is 57.6 Å². The lowest BCUT2D eigenvalue weighted by molar-refractivity contribution is -0.274. The average molecular weight is 412 g/mol. The van der Waals surface area contributed by atoms with Crippen molar-refractivity contribution in [3.05, 3.63) is 0 Å².